The third-order valence-electron chi connectivity index (χ3n) is 3.36. The molecule has 0 aromatic rings. The van der Waals surface area contributed by atoms with Crippen LogP contribution in [-0.4, -0.2) is 42.9 Å². The van der Waals surface area contributed by atoms with E-state index in [4.69, 9.17) is 9.84 Å². The van der Waals surface area contributed by atoms with Crippen molar-refractivity contribution in [2.24, 2.45) is 5.92 Å². The van der Waals surface area contributed by atoms with E-state index < -0.39 is 18.0 Å². The van der Waals surface area contributed by atoms with E-state index in [1.165, 1.54) is 20.0 Å². The Labute approximate surface area is 113 Å². The van der Waals surface area contributed by atoms with Crippen molar-refractivity contribution in [2.75, 3.05) is 13.7 Å². The molecular weight excluding hydrogens is 248 g/mol. The van der Waals surface area contributed by atoms with E-state index in [1.807, 2.05) is 6.92 Å². The smallest absolute Gasteiger partial charge is 0.326 e. The number of nitrogens with one attached hydrogen (secondary N) is 2. The Balaban J connectivity index is 2.34. The first-order valence-electron chi connectivity index (χ1n) is 6.85. The van der Waals surface area contributed by atoms with Crippen LogP contribution in [0.1, 0.15) is 39.0 Å². The van der Waals surface area contributed by atoms with Gasteiger partial charge in [0.05, 0.1) is 0 Å². The van der Waals surface area contributed by atoms with E-state index in [0.717, 1.165) is 18.8 Å². The van der Waals surface area contributed by atoms with Crippen molar-refractivity contribution < 1.29 is 19.4 Å². The molecule has 0 saturated heterocycles. The van der Waals surface area contributed by atoms with Crippen molar-refractivity contribution in [1.82, 2.24) is 10.6 Å². The number of rotatable bonds is 9. The third-order valence-corrected chi connectivity index (χ3v) is 3.36. The van der Waals surface area contributed by atoms with Gasteiger partial charge < -0.3 is 20.5 Å². The van der Waals surface area contributed by atoms with Gasteiger partial charge in [-0.15, -0.1) is 0 Å². The topological polar surface area (TPSA) is 87.7 Å². The SMILES string of the molecule is CCC(CC1CC1)NC(=O)NC(CCOC)C(=O)O. The van der Waals surface area contributed by atoms with Crippen LogP contribution in [0.25, 0.3) is 0 Å². The number of aliphatic carboxylic acids is 1. The van der Waals surface area contributed by atoms with Crippen LogP contribution in [0.5, 0.6) is 0 Å². The summed E-state index contributed by atoms with van der Waals surface area (Å²) in [4.78, 5) is 22.8. The van der Waals surface area contributed by atoms with Gasteiger partial charge in [-0.1, -0.05) is 19.8 Å². The Kier molecular flexibility index (Phi) is 6.62. The first kappa shape index (κ1) is 15.8. The van der Waals surface area contributed by atoms with Gasteiger partial charge in [0.2, 0.25) is 0 Å². The van der Waals surface area contributed by atoms with E-state index in [9.17, 15) is 9.59 Å². The number of ether oxygens (including phenoxy) is 1. The summed E-state index contributed by atoms with van der Waals surface area (Å²) in [5.74, 6) is -0.309. The van der Waals surface area contributed by atoms with Gasteiger partial charge in [-0.2, -0.15) is 0 Å². The molecule has 0 heterocycles. The second kappa shape index (κ2) is 7.99. The molecule has 0 bridgehead atoms. The predicted molar refractivity (Wildman–Crippen MR) is 71.0 cm³/mol. The first-order chi connectivity index (χ1) is 9.06. The molecule has 1 saturated carbocycles. The van der Waals surface area contributed by atoms with Gasteiger partial charge in [-0.05, 0) is 18.8 Å². The zero-order chi connectivity index (χ0) is 14.3. The Hall–Kier alpha value is -1.30. The number of urea groups is 1. The average molecular weight is 272 g/mol. The fourth-order valence-corrected chi connectivity index (χ4v) is 1.96. The van der Waals surface area contributed by atoms with E-state index in [1.54, 1.807) is 0 Å². The number of amides is 2. The lowest BCUT2D eigenvalue weighted by Crippen LogP contribution is -2.49. The largest absolute Gasteiger partial charge is 0.480 e. The van der Waals surface area contributed by atoms with Crippen molar-refractivity contribution in [1.29, 1.82) is 0 Å². The molecule has 0 radical (unpaired) electrons. The quantitative estimate of drug-likeness (QED) is 0.591. The lowest BCUT2D eigenvalue weighted by molar-refractivity contribution is -0.139. The summed E-state index contributed by atoms with van der Waals surface area (Å²) >= 11 is 0. The Morgan fingerprint density at radius 2 is 2.05 bits per heavy atom. The monoisotopic (exact) mass is 272 g/mol. The molecule has 0 aliphatic heterocycles. The molecule has 0 aromatic heterocycles. The second-order valence-corrected chi connectivity index (χ2v) is 5.07. The van der Waals surface area contributed by atoms with Crippen LogP contribution in [0.15, 0.2) is 0 Å². The average Bonchev–Trinajstić information content (AvgIpc) is 3.17. The number of carboxylic acid groups (broad SMARTS) is 1. The minimum absolute atomic E-state index is 0.129. The molecule has 0 spiro atoms. The molecule has 6 heteroatoms. The van der Waals surface area contributed by atoms with Gasteiger partial charge in [0.1, 0.15) is 6.04 Å². The van der Waals surface area contributed by atoms with Crippen LogP contribution >= 0.6 is 0 Å². The predicted octanol–water partition coefficient (Wildman–Crippen LogP) is 1.35. The van der Waals surface area contributed by atoms with Crippen LogP contribution in [-0.2, 0) is 9.53 Å². The molecule has 1 aliphatic carbocycles. The molecule has 6 nitrogen and oxygen atoms in total. The van der Waals surface area contributed by atoms with Gasteiger partial charge >= 0.3 is 12.0 Å². The molecule has 1 rings (SSSR count). The maximum atomic E-state index is 11.8. The highest BCUT2D eigenvalue weighted by Crippen LogP contribution is 2.33. The highest BCUT2D eigenvalue weighted by atomic mass is 16.5. The number of carboxylic acids is 1. The molecule has 2 atom stereocenters. The second-order valence-electron chi connectivity index (χ2n) is 5.07. The normalized spacial score (nSPS) is 17.6. The fraction of sp³-hybridized carbons (Fsp3) is 0.846. The summed E-state index contributed by atoms with van der Waals surface area (Å²) < 4.78 is 4.83. The molecule has 1 fully saturated rings. The van der Waals surface area contributed by atoms with Gasteiger partial charge in [0.15, 0.2) is 0 Å². The third kappa shape index (κ3) is 6.42. The van der Waals surface area contributed by atoms with Crippen LogP contribution in [0.2, 0.25) is 0 Å². The molecule has 19 heavy (non-hydrogen) atoms. The maximum absolute atomic E-state index is 11.8. The van der Waals surface area contributed by atoms with E-state index in [-0.39, 0.29) is 12.5 Å². The van der Waals surface area contributed by atoms with Crippen molar-refractivity contribution in [3.63, 3.8) is 0 Å². The van der Waals surface area contributed by atoms with E-state index >= 15 is 0 Å². The molecular formula is C13H24N2O4. The van der Waals surface area contributed by atoms with Crippen LogP contribution < -0.4 is 10.6 Å². The summed E-state index contributed by atoms with van der Waals surface area (Å²) in [6.45, 7) is 2.32. The van der Waals surface area contributed by atoms with E-state index in [2.05, 4.69) is 10.6 Å². The molecule has 2 unspecified atom stereocenters. The van der Waals surface area contributed by atoms with Crippen molar-refractivity contribution in [3.05, 3.63) is 0 Å². The van der Waals surface area contributed by atoms with Crippen LogP contribution in [0.3, 0.4) is 0 Å². The molecule has 1 aliphatic rings. The molecule has 110 valence electrons. The number of carbonyl (C=O) groups excluding carboxylic acids is 1. The zero-order valence-electron chi connectivity index (χ0n) is 11.6. The van der Waals surface area contributed by atoms with Gasteiger partial charge in [-0.3, -0.25) is 0 Å². The van der Waals surface area contributed by atoms with Gasteiger partial charge in [0, 0.05) is 26.2 Å². The zero-order valence-corrected chi connectivity index (χ0v) is 11.6. The Morgan fingerprint density at radius 3 is 2.53 bits per heavy atom. The molecule has 2 amide bonds. The number of methoxy groups -OCH3 is 1. The minimum atomic E-state index is -1.04. The summed E-state index contributed by atoms with van der Waals surface area (Å²) in [6, 6.07) is -1.18. The van der Waals surface area contributed by atoms with Crippen molar-refractivity contribution in [2.45, 2.75) is 51.1 Å². The Morgan fingerprint density at radius 1 is 1.37 bits per heavy atom. The standard InChI is InChI=1S/C13H24N2O4/c1-3-10(8-9-4-5-9)14-13(18)15-11(12(16)17)6-7-19-2/h9-11H,3-8H2,1-2H3,(H,16,17)(H2,14,15,18). The summed E-state index contributed by atoms with van der Waals surface area (Å²) in [5, 5.41) is 14.3. The highest BCUT2D eigenvalue weighted by molar-refractivity contribution is 5.82. The van der Waals surface area contributed by atoms with Crippen LogP contribution in [0.4, 0.5) is 4.79 Å². The lowest BCUT2D eigenvalue weighted by atomic mass is 10.1. The number of carbonyl (C=O) groups is 2. The van der Waals surface area contributed by atoms with Crippen molar-refractivity contribution >= 4 is 12.0 Å². The summed E-state index contributed by atoms with van der Waals surface area (Å²) in [7, 11) is 1.50. The minimum Gasteiger partial charge on any atom is -0.480 e. The van der Waals surface area contributed by atoms with Gasteiger partial charge in [-0.25, -0.2) is 9.59 Å². The molecule has 3 N–H and O–H groups in total. The lowest BCUT2D eigenvalue weighted by Gasteiger charge is -2.20. The van der Waals surface area contributed by atoms with Crippen molar-refractivity contribution in [3.8, 4) is 0 Å². The number of hydrogen-bond acceptors (Lipinski definition) is 3. The van der Waals surface area contributed by atoms with Crippen LogP contribution in [0, 0.1) is 5.92 Å². The Bertz CT molecular complexity index is 305. The van der Waals surface area contributed by atoms with Gasteiger partial charge in [0.25, 0.3) is 0 Å². The first-order valence-corrected chi connectivity index (χ1v) is 6.85. The molecule has 0 aromatic carbocycles. The maximum Gasteiger partial charge on any atom is 0.326 e. The number of hydrogen-bond donors (Lipinski definition) is 3. The fourth-order valence-electron chi connectivity index (χ4n) is 1.96. The summed E-state index contributed by atoms with van der Waals surface area (Å²) in [5.41, 5.74) is 0. The van der Waals surface area contributed by atoms with E-state index in [0.29, 0.717) is 6.61 Å². The summed E-state index contributed by atoms with van der Waals surface area (Å²) in [6.07, 6.45) is 4.59. The highest BCUT2D eigenvalue weighted by Gasteiger charge is 2.26.